The lowest BCUT2D eigenvalue weighted by Gasteiger charge is -2.16. The predicted molar refractivity (Wildman–Crippen MR) is 106 cm³/mol. The van der Waals surface area contributed by atoms with Crippen LogP contribution in [-0.2, 0) is 11.3 Å². The first-order valence-corrected chi connectivity index (χ1v) is 10.3. The first kappa shape index (κ1) is 18.2. The van der Waals surface area contributed by atoms with E-state index in [0.29, 0.717) is 34.8 Å². The van der Waals surface area contributed by atoms with Gasteiger partial charge in [-0.15, -0.1) is 23.1 Å². The van der Waals surface area contributed by atoms with Gasteiger partial charge in [-0.2, -0.15) is 0 Å². The molecule has 0 spiro atoms. The number of nitrogens with one attached hydrogen (secondary N) is 1. The number of H-pyrrole nitrogens is 1. The molecule has 3 aromatic rings. The number of halogens is 1. The van der Waals surface area contributed by atoms with Crippen molar-refractivity contribution in [2.24, 2.45) is 0 Å². The van der Waals surface area contributed by atoms with E-state index in [2.05, 4.69) is 25.9 Å². The molecule has 0 saturated carbocycles. The Morgan fingerprint density at radius 3 is 2.96 bits per heavy atom. The van der Waals surface area contributed by atoms with Gasteiger partial charge in [-0.3, -0.25) is 9.59 Å². The van der Waals surface area contributed by atoms with Crippen LogP contribution in [0.1, 0.15) is 12.2 Å². The zero-order valence-corrected chi connectivity index (χ0v) is 16.7. The fourth-order valence-corrected chi connectivity index (χ4v) is 4.54. The number of rotatable bonds is 6. The summed E-state index contributed by atoms with van der Waals surface area (Å²) in [7, 11) is 1.73. The average molecular weight is 438 g/mol. The smallest absolute Gasteiger partial charge is 0.268 e. The third kappa shape index (κ3) is 4.50. The molecule has 0 radical (unpaired) electrons. The predicted octanol–water partition coefficient (Wildman–Crippen LogP) is 3.89. The van der Waals surface area contributed by atoms with Crippen LogP contribution in [0.3, 0.4) is 0 Å². The van der Waals surface area contributed by atoms with Crippen molar-refractivity contribution in [2.75, 3.05) is 12.8 Å². The van der Waals surface area contributed by atoms with Crippen LogP contribution in [-0.4, -0.2) is 33.6 Å². The molecule has 3 rings (SSSR count). The van der Waals surface area contributed by atoms with Crippen LogP contribution < -0.4 is 5.56 Å². The van der Waals surface area contributed by atoms with Crippen LogP contribution in [0.2, 0.25) is 0 Å². The molecule has 1 amide bonds. The molecule has 8 heteroatoms. The molecule has 0 unspecified atom stereocenters. The normalized spacial score (nSPS) is 11.0. The molecule has 130 valence electrons. The van der Waals surface area contributed by atoms with Crippen LogP contribution in [0.5, 0.6) is 0 Å². The lowest BCUT2D eigenvalue weighted by Crippen LogP contribution is -2.28. The van der Waals surface area contributed by atoms with Gasteiger partial charge in [0.2, 0.25) is 5.91 Å². The van der Waals surface area contributed by atoms with Crippen molar-refractivity contribution in [3.8, 4) is 0 Å². The SMILES string of the molecule is CN(Cc1nc2ccsc2c(=O)[nH]1)C(=O)CCSc1ccccc1Br. The zero-order chi connectivity index (χ0) is 17.8. The van der Waals surface area contributed by atoms with Crippen LogP contribution >= 0.6 is 39.0 Å². The molecule has 0 aliphatic heterocycles. The first-order chi connectivity index (χ1) is 12.0. The highest BCUT2D eigenvalue weighted by Gasteiger charge is 2.12. The molecular formula is C17H16BrN3O2S2. The minimum Gasteiger partial charge on any atom is -0.338 e. The number of thiophene rings is 1. The highest BCUT2D eigenvalue weighted by molar-refractivity contribution is 9.10. The van der Waals surface area contributed by atoms with Crippen molar-refractivity contribution >= 4 is 55.2 Å². The lowest BCUT2D eigenvalue weighted by molar-refractivity contribution is -0.130. The van der Waals surface area contributed by atoms with Crippen molar-refractivity contribution in [3.05, 3.63) is 56.4 Å². The summed E-state index contributed by atoms with van der Waals surface area (Å²) < 4.78 is 1.65. The van der Waals surface area contributed by atoms with Gasteiger partial charge in [0.15, 0.2) is 0 Å². The van der Waals surface area contributed by atoms with E-state index in [4.69, 9.17) is 0 Å². The second-order valence-electron chi connectivity index (χ2n) is 5.43. The van der Waals surface area contributed by atoms with Gasteiger partial charge in [-0.1, -0.05) is 12.1 Å². The second kappa shape index (κ2) is 8.16. The Bertz CT molecular complexity index is 954. The van der Waals surface area contributed by atoms with Crippen LogP contribution in [0.15, 0.2) is 49.9 Å². The molecule has 0 aliphatic carbocycles. The van der Waals surface area contributed by atoms with E-state index in [1.807, 2.05) is 35.7 Å². The summed E-state index contributed by atoms with van der Waals surface area (Å²) >= 11 is 6.51. The van der Waals surface area contributed by atoms with Gasteiger partial charge in [0.25, 0.3) is 5.56 Å². The molecule has 0 atom stereocenters. The van der Waals surface area contributed by atoms with E-state index in [1.165, 1.54) is 11.3 Å². The first-order valence-electron chi connectivity index (χ1n) is 7.62. The van der Waals surface area contributed by atoms with Crippen LogP contribution in [0, 0.1) is 0 Å². The molecule has 1 aromatic carbocycles. The fourth-order valence-electron chi connectivity index (χ4n) is 2.31. The largest absolute Gasteiger partial charge is 0.338 e. The van der Waals surface area contributed by atoms with E-state index in [1.54, 1.807) is 23.7 Å². The molecule has 2 heterocycles. The summed E-state index contributed by atoms with van der Waals surface area (Å²) in [6, 6.07) is 9.76. The van der Waals surface area contributed by atoms with E-state index in [9.17, 15) is 9.59 Å². The Kier molecular flexibility index (Phi) is 5.93. The maximum atomic E-state index is 12.3. The van der Waals surface area contributed by atoms with Crippen molar-refractivity contribution < 1.29 is 4.79 Å². The van der Waals surface area contributed by atoms with Gasteiger partial charge in [0.05, 0.1) is 12.1 Å². The number of benzene rings is 1. The third-order valence-corrected chi connectivity index (χ3v) is 6.52. The minimum atomic E-state index is -0.152. The number of hydrogen-bond acceptors (Lipinski definition) is 5. The summed E-state index contributed by atoms with van der Waals surface area (Å²) in [5.74, 6) is 1.22. The van der Waals surface area contributed by atoms with Crippen molar-refractivity contribution in [2.45, 2.75) is 17.9 Å². The number of aromatic amines is 1. The lowest BCUT2D eigenvalue weighted by atomic mass is 10.4. The summed E-state index contributed by atoms with van der Waals surface area (Å²) in [6.45, 7) is 0.291. The van der Waals surface area contributed by atoms with Crippen molar-refractivity contribution in [1.29, 1.82) is 0 Å². The molecule has 0 aliphatic rings. The van der Waals surface area contributed by atoms with Gasteiger partial charge in [0, 0.05) is 28.6 Å². The van der Waals surface area contributed by atoms with Crippen LogP contribution in [0.25, 0.3) is 10.2 Å². The molecule has 1 N–H and O–H groups in total. The summed E-state index contributed by atoms with van der Waals surface area (Å²) in [5.41, 5.74) is 0.523. The maximum Gasteiger partial charge on any atom is 0.268 e. The molecule has 25 heavy (non-hydrogen) atoms. The number of nitrogens with zero attached hydrogens (tertiary/aromatic N) is 2. The van der Waals surface area contributed by atoms with E-state index in [-0.39, 0.29) is 11.5 Å². The Balaban J connectivity index is 1.56. The molecule has 0 fully saturated rings. The van der Waals surface area contributed by atoms with Gasteiger partial charge >= 0.3 is 0 Å². The van der Waals surface area contributed by atoms with Gasteiger partial charge in [-0.25, -0.2) is 4.98 Å². The monoisotopic (exact) mass is 437 g/mol. The minimum absolute atomic E-state index is 0.0209. The third-order valence-electron chi connectivity index (χ3n) is 3.59. The second-order valence-corrected chi connectivity index (χ2v) is 8.33. The molecule has 5 nitrogen and oxygen atoms in total. The number of aromatic nitrogens is 2. The molecule has 0 saturated heterocycles. The van der Waals surface area contributed by atoms with Gasteiger partial charge in [-0.05, 0) is 39.5 Å². The average Bonchev–Trinajstić information content (AvgIpc) is 3.05. The molecular weight excluding hydrogens is 422 g/mol. The molecule has 2 aromatic heterocycles. The summed E-state index contributed by atoms with van der Waals surface area (Å²) in [6.07, 6.45) is 0.424. The van der Waals surface area contributed by atoms with Crippen molar-refractivity contribution in [3.63, 3.8) is 0 Å². The Labute approximate surface area is 161 Å². The zero-order valence-electron chi connectivity index (χ0n) is 13.5. The van der Waals surface area contributed by atoms with E-state index >= 15 is 0 Å². The van der Waals surface area contributed by atoms with E-state index < -0.39 is 0 Å². The van der Waals surface area contributed by atoms with Crippen LogP contribution in [0.4, 0.5) is 0 Å². The highest BCUT2D eigenvalue weighted by Crippen LogP contribution is 2.27. The number of carbonyl (C=O) groups excluding carboxylic acids is 1. The number of thioether (sulfide) groups is 1. The highest BCUT2D eigenvalue weighted by atomic mass is 79.9. The number of fused-ring (bicyclic) bond motifs is 1. The fraction of sp³-hybridized carbons (Fsp3) is 0.235. The summed E-state index contributed by atoms with van der Waals surface area (Å²) in [4.78, 5) is 34.1. The summed E-state index contributed by atoms with van der Waals surface area (Å²) in [5, 5.41) is 1.84. The number of hydrogen-bond donors (Lipinski definition) is 1. The van der Waals surface area contributed by atoms with E-state index in [0.717, 1.165) is 9.37 Å². The quantitative estimate of drug-likeness (QED) is 0.593. The standard InChI is InChI=1S/C17H16BrN3O2S2/c1-21(10-14-19-12-6-8-25-16(12)17(23)20-14)15(22)7-9-24-13-5-3-2-4-11(13)18/h2-6,8H,7,9-10H2,1H3,(H,19,20,23). The Morgan fingerprint density at radius 1 is 1.36 bits per heavy atom. The number of amides is 1. The van der Waals surface area contributed by atoms with Crippen molar-refractivity contribution in [1.82, 2.24) is 14.9 Å². The maximum absolute atomic E-state index is 12.3. The molecule has 0 bridgehead atoms. The van der Waals surface area contributed by atoms with Gasteiger partial charge in [0.1, 0.15) is 10.5 Å². The topological polar surface area (TPSA) is 66.1 Å². The number of carbonyl (C=O) groups is 1. The van der Waals surface area contributed by atoms with Gasteiger partial charge < -0.3 is 9.88 Å². The Morgan fingerprint density at radius 2 is 2.16 bits per heavy atom. The Hall–Kier alpha value is -1.64.